The summed E-state index contributed by atoms with van der Waals surface area (Å²) in [5.41, 5.74) is 1.54. The van der Waals surface area contributed by atoms with Crippen LogP contribution >= 0.6 is 0 Å². The minimum absolute atomic E-state index is 0.148. The van der Waals surface area contributed by atoms with Gasteiger partial charge >= 0.3 is 12.0 Å². The third-order valence-electron chi connectivity index (χ3n) is 5.05. The van der Waals surface area contributed by atoms with Crippen molar-refractivity contribution in [2.45, 2.75) is 58.5 Å². The van der Waals surface area contributed by atoms with Gasteiger partial charge in [0.25, 0.3) is 0 Å². The van der Waals surface area contributed by atoms with Gasteiger partial charge in [0.05, 0.1) is 6.42 Å². The topological polar surface area (TPSA) is 92.0 Å². The van der Waals surface area contributed by atoms with Gasteiger partial charge in [-0.1, -0.05) is 44.7 Å². The lowest BCUT2D eigenvalue weighted by molar-refractivity contribution is -0.140. The first-order valence-electron chi connectivity index (χ1n) is 11.0. The largest absolute Gasteiger partial charge is 0.481 e. The van der Waals surface area contributed by atoms with Crippen molar-refractivity contribution < 1.29 is 23.8 Å². The lowest BCUT2D eigenvalue weighted by atomic mass is 10.1. The summed E-state index contributed by atoms with van der Waals surface area (Å²) < 4.78 is 11.4. The predicted octanol–water partition coefficient (Wildman–Crippen LogP) is 5.62. The highest BCUT2D eigenvalue weighted by atomic mass is 16.5. The summed E-state index contributed by atoms with van der Waals surface area (Å²) in [6, 6.07) is 10.9. The van der Waals surface area contributed by atoms with Crippen LogP contribution in [0.25, 0.3) is 11.3 Å². The molecule has 7 nitrogen and oxygen atoms in total. The summed E-state index contributed by atoms with van der Waals surface area (Å²) in [7, 11) is 1.73. The summed E-state index contributed by atoms with van der Waals surface area (Å²) in [5, 5.41) is 12.1. The number of carbonyl (C=O) groups excluding carboxylic acids is 1. The van der Waals surface area contributed by atoms with E-state index in [2.05, 4.69) is 12.2 Å². The number of urea groups is 1. The fourth-order valence-electron chi connectivity index (χ4n) is 3.31. The molecule has 1 heterocycles. The number of carboxylic acids is 1. The third-order valence-corrected chi connectivity index (χ3v) is 5.05. The molecule has 2 rings (SSSR count). The van der Waals surface area contributed by atoms with Crippen molar-refractivity contribution >= 4 is 17.7 Å². The Hall–Kier alpha value is -2.80. The van der Waals surface area contributed by atoms with Gasteiger partial charge in [0, 0.05) is 31.5 Å². The zero-order valence-corrected chi connectivity index (χ0v) is 18.7. The molecule has 7 heteroatoms. The Bertz CT molecular complexity index is 833. The van der Waals surface area contributed by atoms with Gasteiger partial charge in [0.2, 0.25) is 0 Å². The highest BCUT2D eigenvalue weighted by molar-refractivity contribution is 5.92. The van der Waals surface area contributed by atoms with Gasteiger partial charge in [-0.3, -0.25) is 9.69 Å². The highest BCUT2D eigenvalue weighted by Crippen LogP contribution is 2.30. The van der Waals surface area contributed by atoms with Crippen LogP contribution in [0.5, 0.6) is 0 Å². The highest BCUT2D eigenvalue weighted by Gasteiger charge is 2.20. The average Bonchev–Trinajstić information content (AvgIpc) is 3.25. The van der Waals surface area contributed by atoms with E-state index in [0.717, 1.165) is 24.1 Å². The van der Waals surface area contributed by atoms with E-state index in [1.165, 1.54) is 19.3 Å². The van der Waals surface area contributed by atoms with Crippen LogP contribution in [0.4, 0.5) is 10.5 Å². The molecule has 0 aliphatic heterocycles. The first-order chi connectivity index (χ1) is 15.0. The van der Waals surface area contributed by atoms with Crippen LogP contribution in [0.2, 0.25) is 0 Å². The number of benzene rings is 1. The smallest absolute Gasteiger partial charge is 0.321 e. The van der Waals surface area contributed by atoms with Crippen LogP contribution in [0.3, 0.4) is 0 Å². The van der Waals surface area contributed by atoms with Crippen LogP contribution in [0.1, 0.15) is 64.2 Å². The lowest BCUT2D eigenvalue weighted by Gasteiger charge is -2.18. The number of amides is 2. The van der Waals surface area contributed by atoms with Crippen LogP contribution in [-0.2, 0) is 9.53 Å². The molecule has 31 heavy (non-hydrogen) atoms. The van der Waals surface area contributed by atoms with E-state index in [1.807, 2.05) is 31.2 Å². The van der Waals surface area contributed by atoms with Gasteiger partial charge in [0.1, 0.15) is 17.6 Å². The summed E-state index contributed by atoms with van der Waals surface area (Å²) in [4.78, 5) is 25.1. The zero-order valence-electron chi connectivity index (χ0n) is 18.7. The molecule has 0 aliphatic carbocycles. The number of hydrogen-bond acceptors (Lipinski definition) is 4. The summed E-state index contributed by atoms with van der Waals surface area (Å²) >= 11 is 0. The minimum Gasteiger partial charge on any atom is -0.481 e. The van der Waals surface area contributed by atoms with Gasteiger partial charge in [-0.2, -0.15) is 0 Å². The second-order valence-corrected chi connectivity index (χ2v) is 7.50. The standard InChI is InChI=1S/C24H34N2O5/c1-4-6-7-8-9-15-25-24(29)26(3)19-12-10-11-18(16-19)20-13-14-21(31-20)22(30-5-2)17-23(27)28/h10-14,16,22H,4-9,15,17H2,1-3H3,(H,25,29)(H,27,28)/t22-/m0/s1. The molecule has 1 atom stereocenters. The first kappa shape index (κ1) is 24.5. The van der Waals surface area contributed by atoms with Crippen LogP contribution < -0.4 is 10.2 Å². The lowest BCUT2D eigenvalue weighted by Crippen LogP contribution is -2.37. The van der Waals surface area contributed by atoms with Crippen molar-refractivity contribution in [3.8, 4) is 11.3 Å². The molecule has 0 unspecified atom stereocenters. The number of rotatable bonds is 13. The van der Waals surface area contributed by atoms with E-state index in [0.29, 0.717) is 24.7 Å². The Kier molecular flexibility index (Phi) is 10.1. The fraction of sp³-hybridized carbons (Fsp3) is 0.500. The molecule has 0 fully saturated rings. The van der Waals surface area contributed by atoms with E-state index in [9.17, 15) is 9.59 Å². The molecule has 0 aliphatic rings. The van der Waals surface area contributed by atoms with Crippen molar-refractivity contribution in [2.75, 3.05) is 25.1 Å². The molecule has 1 aromatic heterocycles. The molecular weight excluding hydrogens is 396 g/mol. The molecule has 0 spiro atoms. The summed E-state index contributed by atoms with van der Waals surface area (Å²) in [6.45, 7) is 5.05. The number of carboxylic acid groups (broad SMARTS) is 1. The molecule has 1 aromatic carbocycles. The van der Waals surface area contributed by atoms with Gasteiger partial charge in [0.15, 0.2) is 0 Å². The number of aliphatic carboxylic acids is 1. The van der Waals surface area contributed by atoms with E-state index in [4.69, 9.17) is 14.3 Å². The second kappa shape index (κ2) is 12.8. The summed E-state index contributed by atoms with van der Waals surface area (Å²) in [5.74, 6) is 0.117. The average molecular weight is 431 g/mol. The maximum absolute atomic E-state index is 12.5. The van der Waals surface area contributed by atoms with Crippen LogP contribution in [-0.4, -0.2) is 37.3 Å². The zero-order chi connectivity index (χ0) is 22.6. The molecular formula is C24H34N2O5. The van der Waals surface area contributed by atoms with Crippen LogP contribution in [0, 0.1) is 0 Å². The van der Waals surface area contributed by atoms with Crippen molar-refractivity contribution in [1.82, 2.24) is 5.32 Å². The van der Waals surface area contributed by atoms with Crippen LogP contribution in [0.15, 0.2) is 40.8 Å². The number of unbranched alkanes of at least 4 members (excludes halogenated alkanes) is 4. The number of ether oxygens (including phenoxy) is 1. The molecule has 170 valence electrons. The van der Waals surface area contributed by atoms with E-state index >= 15 is 0 Å². The summed E-state index contributed by atoms with van der Waals surface area (Å²) in [6.07, 6.45) is 4.94. The molecule has 2 aromatic rings. The number of nitrogens with zero attached hydrogens (tertiary/aromatic N) is 1. The number of hydrogen-bond donors (Lipinski definition) is 2. The normalized spacial score (nSPS) is 11.8. The Morgan fingerprint density at radius 2 is 1.90 bits per heavy atom. The molecule has 2 amide bonds. The van der Waals surface area contributed by atoms with Gasteiger partial charge in [-0.25, -0.2) is 4.79 Å². The maximum atomic E-state index is 12.5. The van der Waals surface area contributed by atoms with Gasteiger partial charge in [-0.05, 0) is 37.6 Å². The molecule has 0 radical (unpaired) electrons. The monoisotopic (exact) mass is 430 g/mol. The third kappa shape index (κ3) is 7.75. The van der Waals surface area contributed by atoms with Crippen molar-refractivity contribution in [3.05, 3.63) is 42.2 Å². The van der Waals surface area contributed by atoms with E-state index < -0.39 is 12.1 Å². The van der Waals surface area contributed by atoms with E-state index in [1.54, 1.807) is 24.1 Å². The molecule has 0 saturated carbocycles. The van der Waals surface area contributed by atoms with Crippen molar-refractivity contribution in [3.63, 3.8) is 0 Å². The molecule has 0 saturated heterocycles. The second-order valence-electron chi connectivity index (χ2n) is 7.50. The first-order valence-corrected chi connectivity index (χ1v) is 11.0. The number of anilines is 1. The quantitative estimate of drug-likeness (QED) is 0.403. The Morgan fingerprint density at radius 3 is 2.61 bits per heavy atom. The maximum Gasteiger partial charge on any atom is 0.321 e. The molecule has 2 N–H and O–H groups in total. The number of nitrogens with one attached hydrogen (secondary N) is 1. The van der Waals surface area contributed by atoms with E-state index in [-0.39, 0.29) is 12.5 Å². The van der Waals surface area contributed by atoms with Gasteiger partial charge < -0.3 is 19.6 Å². The fourth-order valence-corrected chi connectivity index (χ4v) is 3.31. The van der Waals surface area contributed by atoms with Gasteiger partial charge in [-0.15, -0.1) is 0 Å². The van der Waals surface area contributed by atoms with Crippen molar-refractivity contribution in [1.29, 1.82) is 0 Å². The Balaban J connectivity index is 2.02. The predicted molar refractivity (Wildman–Crippen MR) is 121 cm³/mol. The SMILES string of the molecule is CCCCCCCNC(=O)N(C)c1cccc(-c2ccc([C@H](CC(=O)O)OCC)o2)c1. The number of carbonyl (C=O) groups is 2. The minimum atomic E-state index is -0.948. The Morgan fingerprint density at radius 1 is 1.13 bits per heavy atom. The Labute approximate surface area is 184 Å². The van der Waals surface area contributed by atoms with Crippen molar-refractivity contribution in [2.24, 2.45) is 0 Å². The number of furan rings is 1. The molecule has 0 bridgehead atoms.